The molecule has 1 heterocycles. The summed E-state index contributed by atoms with van der Waals surface area (Å²) in [5.41, 5.74) is 6.69. The molecular formula is C16H20ClN3O2. The number of nitrogens with one attached hydrogen (secondary N) is 2. The van der Waals surface area contributed by atoms with Crippen molar-refractivity contribution in [3.8, 4) is 0 Å². The van der Waals surface area contributed by atoms with Crippen molar-refractivity contribution in [1.29, 1.82) is 0 Å². The SMILES string of the molecule is CC1(O)CCC(NC(=O)c2cc3cc(Cl)ccc3[nH]2)[C@@H](N)C1. The van der Waals surface area contributed by atoms with E-state index in [4.69, 9.17) is 17.3 Å². The Hall–Kier alpha value is -1.56. The number of benzene rings is 1. The van der Waals surface area contributed by atoms with E-state index in [1.807, 2.05) is 12.1 Å². The first-order valence-corrected chi connectivity index (χ1v) is 7.79. The first kappa shape index (κ1) is 15.3. The van der Waals surface area contributed by atoms with Gasteiger partial charge in [0.15, 0.2) is 0 Å². The predicted octanol–water partition coefficient (Wildman–Crippen LogP) is 2.18. The lowest BCUT2D eigenvalue weighted by Crippen LogP contribution is -2.54. The van der Waals surface area contributed by atoms with Gasteiger partial charge in [0, 0.05) is 28.0 Å². The smallest absolute Gasteiger partial charge is 0.268 e. The quantitative estimate of drug-likeness (QED) is 0.683. The van der Waals surface area contributed by atoms with Crippen molar-refractivity contribution in [3.05, 3.63) is 35.0 Å². The van der Waals surface area contributed by atoms with Crippen LogP contribution in [0.25, 0.3) is 10.9 Å². The fourth-order valence-electron chi connectivity index (χ4n) is 3.08. The third-order valence-electron chi connectivity index (χ3n) is 4.33. The van der Waals surface area contributed by atoms with Crippen LogP contribution in [0, 0.1) is 0 Å². The van der Waals surface area contributed by atoms with Gasteiger partial charge in [-0.25, -0.2) is 0 Å². The van der Waals surface area contributed by atoms with Gasteiger partial charge in [-0.3, -0.25) is 4.79 Å². The molecule has 3 atom stereocenters. The normalized spacial score (nSPS) is 28.7. The Morgan fingerprint density at radius 3 is 3.00 bits per heavy atom. The summed E-state index contributed by atoms with van der Waals surface area (Å²) in [6.45, 7) is 1.78. The Morgan fingerprint density at radius 1 is 1.50 bits per heavy atom. The van der Waals surface area contributed by atoms with Crippen LogP contribution in [0.2, 0.25) is 5.02 Å². The van der Waals surface area contributed by atoms with Crippen LogP contribution in [-0.4, -0.2) is 33.7 Å². The monoisotopic (exact) mass is 321 g/mol. The highest BCUT2D eigenvalue weighted by Gasteiger charge is 2.35. The molecule has 5 N–H and O–H groups in total. The average Bonchev–Trinajstić information content (AvgIpc) is 2.84. The molecule has 1 aliphatic rings. The number of carbonyl (C=O) groups excluding carboxylic acids is 1. The van der Waals surface area contributed by atoms with Gasteiger partial charge < -0.3 is 21.1 Å². The number of aromatic amines is 1. The van der Waals surface area contributed by atoms with Gasteiger partial charge in [0.2, 0.25) is 0 Å². The van der Waals surface area contributed by atoms with E-state index in [0.29, 0.717) is 30.0 Å². The van der Waals surface area contributed by atoms with Crippen molar-refractivity contribution in [3.63, 3.8) is 0 Å². The molecule has 6 heteroatoms. The maximum Gasteiger partial charge on any atom is 0.268 e. The highest BCUT2D eigenvalue weighted by molar-refractivity contribution is 6.31. The van der Waals surface area contributed by atoms with Crippen molar-refractivity contribution in [2.24, 2.45) is 5.73 Å². The van der Waals surface area contributed by atoms with Crippen LogP contribution < -0.4 is 11.1 Å². The lowest BCUT2D eigenvalue weighted by atomic mass is 9.80. The van der Waals surface area contributed by atoms with Gasteiger partial charge in [0.05, 0.1) is 5.60 Å². The number of amides is 1. The fourth-order valence-corrected chi connectivity index (χ4v) is 3.26. The maximum atomic E-state index is 12.4. The Kier molecular flexibility index (Phi) is 3.89. The molecule has 22 heavy (non-hydrogen) atoms. The molecule has 1 amide bonds. The Balaban J connectivity index is 1.73. The summed E-state index contributed by atoms with van der Waals surface area (Å²) in [4.78, 5) is 15.5. The summed E-state index contributed by atoms with van der Waals surface area (Å²) in [5.74, 6) is -0.186. The summed E-state index contributed by atoms with van der Waals surface area (Å²) in [6, 6.07) is 6.85. The van der Waals surface area contributed by atoms with E-state index < -0.39 is 5.60 Å². The van der Waals surface area contributed by atoms with Gasteiger partial charge in [-0.1, -0.05) is 11.6 Å². The zero-order chi connectivity index (χ0) is 15.9. The van der Waals surface area contributed by atoms with Crippen LogP contribution in [0.1, 0.15) is 36.7 Å². The molecule has 0 aliphatic heterocycles. The molecule has 1 fully saturated rings. The molecular weight excluding hydrogens is 302 g/mol. The predicted molar refractivity (Wildman–Crippen MR) is 87.0 cm³/mol. The number of nitrogens with two attached hydrogens (primary N) is 1. The number of H-pyrrole nitrogens is 1. The number of aromatic nitrogens is 1. The molecule has 0 saturated heterocycles. The van der Waals surface area contributed by atoms with Crippen LogP contribution >= 0.6 is 11.6 Å². The van der Waals surface area contributed by atoms with Gasteiger partial charge in [0.25, 0.3) is 5.91 Å². The first-order chi connectivity index (χ1) is 10.3. The zero-order valence-corrected chi connectivity index (χ0v) is 13.2. The van der Waals surface area contributed by atoms with Crippen molar-refractivity contribution in [2.75, 3.05) is 0 Å². The second-order valence-corrected chi connectivity index (χ2v) is 6.83. The van der Waals surface area contributed by atoms with Gasteiger partial charge >= 0.3 is 0 Å². The Labute approximate surface area is 133 Å². The second-order valence-electron chi connectivity index (χ2n) is 6.40. The number of halogens is 1. The standard InChI is InChI=1S/C16H20ClN3O2/c1-16(22)5-4-13(11(18)8-16)20-15(21)14-7-9-6-10(17)2-3-12(9)19-14/h2-3,6-7,11,13,19,22H,4-5,8,18H2,1H3,(H,20,21)/t11-,13?,16?/m0/s1. The number of aliphatic hydroxyl groups is 1. The number of carbonyl (C=O) groups is 1. The molecule has 5 nitrogen and oxygen atoms in total. The molecule has 0 spiro atoms. The minimum absolute atomic E-state index is 0.122. The topological polar surface area (TPSA) is 91.1 Å². The van der Waals surface area contributed by atoms with Crippen molar-refractivity contribution >= 4 is 28.4 Å². The van der Waals surface area contributed by atoms with E-state index in [0.717, 1.165) is 10.9 Å². The first-order valence-electron chi connectivity index (χ1n) is 7.41. The molecule has 118 valence electrons. The van der Waals surface area contributed by atoms with E-state index in [9.17, 15) is 9.90 Å². The summed E-state index contributed by atoms with van der Waals surface area (Å²) in [7, 11) is 0. The second kappa shape index (κ2) is 5.57. The van der Waals surface area contributed by atoms with E-state index >= 15 is 0 Å². The van der Waals surface area contributed by atoms with E-state index in [2.05, 4.69) is 10.3 Å². The number of hydrogen-bond acceptors (Lipinski definition) is 3. The number of fused-ring (bicyclic) bond motifs is 1. The largest absolute Gasteiger partial charge is 0.390 e. The van der Waals surface area contributed by atoms with Crippen molar-refractivity contribution in [1.82, 2.24) is 10.3 Å². The third-order valence-corrected chi connectivity index (χ3v) is 4.57. The molecule has 0 bridgehead atoms. The highest BCUT2D eigenvalue weighted by Crippen LogP contribution is 2.27. The van der Waals surface area contributed by atoms with Gasteiger partial charge in [-0.15, -0.1) is 0 Å². The van der Waals surface area contributed by atoms with Gasteiger partial charge in [-0.05, 0) is 50.5 Å². The molecule has 1 aromatic heterocycles. The average molecular weight is 322 g/mol. The number of rotatable bonds is 2. The van der Waals surface area contributed by atoms with Crippen molar-refractivity contribution in [2.45, 2.75) is 43.9 Å². The molecule has 1 aliphatic carbocycles. The fraction of sp³-hybridized carbons (Fsp3) is 0.438. The molecule has 1 aromatic carbocycles. The molecule has 2 aromatic rings. The van der Waals surface area contributed by atoms with E-state index in [-0.39, 0.29) is 18.0 Å². The lowest BCUT2D eigenvalue weighted by molar-refractivity contribution is 0.00617. The molecule has 1 saturated carbocycles. The Bertz CT molecular complexity index is 710. The van der Waals surface area contributed by atoms with Crippen LogP contribution in [0.3, 0.4) is 0 Å². The third kappa shape index (κ3) is 3.11. The van der Waals surface area contributed by atoms with Gasteiger partial charge in [-0.2, -0.15) is 0 Å². The Morgan fingerprint density at radius 2 is 2.27 bits per heavy atom. The van der Waals surface area contributed by atoms with Crippen LogP contribution in [-0.2, 0) is 0 Å². The maximum absolute atomic E-state index is 12.4. The number of hydrogen-bond donors (Lipinski definition) is 4. The molecule has 0 radical (unpaired) electrons. The molecule has 2 unspecified atom stereocenters. The van der Waals surface area contributed by atoms with Crippen LogP contribution in [0.4, 0.5) is 0 Å². The summed E-state index contributed by atoms with van der Waals surface area (Å²) in [5, 5.41) is 14.5. The van der Waals surface area contributed by atoms with E-state index in [1.165, 1.54) is 0 Å². The summed E-state index contributed by atoms with van der Waals surface area (Å²) < 4.78 is 0. The zero-order valence-electron chi connectivity index (χ0n) is 12.4. The van der Waals surface area contributed by atoms with E-state index in [1.54, 1.807) is 19.1 Å². The minimum atomic E-state index is -0.738. The van der Waals surface area contributed by atoms with Gasteiger partial charge in [0.1, 0.15) is 5.69 Å². The molecule has 3 rings (SSSR count). The van der Waals surface area contributed by atoms with Crippen LogP contribution in [0.5, 0.6) is 0 Å². The van der Waals surface area contributed by atoms with Crippen LogP contribution in [0.15, 0.2) is 24.3 Å². The lowest BCUT2D eigenvalue weighted by Gasteiger charge is -2.38. The minimum Gasteiger partial charge on any atom is -0.390 e. The highest BCUT2D eigenvalue weighted by atomic mass is 35.5. The summed E-state index contributed by atoms with van der Waals surface area (Å²) in [6.07, 6.45) is 1.79. The van der Waals surface area contributed by atoms with Crippen molar-refractivity contribution < 1.29 is 9.90 Å². The summed E-state index contributed by atoms with van der Waals surface area (Å²) >= 11 is 5.95.